The van der Waals surface area contributed by atoms with Gasteiger partial charge in [-0.2, -0.15) is 0 Å². The molecule has 38 heavy (non-hydrogen) atoms. The number of aliphatic hydroxyl groups is 1. The number of carbonyl (C=O) groups is 3. The molecule has 1 heterocycles. The van der Waals surface area contributed by atoms with Crippen LogP contribution in [0.3, 0.4) is 0 Å². The number of hydrogen-bond acceptors (Lipinski definition) is 7. The van der Waals surface area contributed by atoms with Crippen molar-refractivity contribution in [2.24, 2.45) is 45.7 Å². The number of ketones is 1. The largest absolute Gasteiger partial charge is 0.461 e. The molecule has 7 nitrogen and oxygen atoms in total. The number of rotatable bonds is 7. The average Bonchev–Trinajstić information content (AvgIpc) is 3.20. The zero-order chi connectivity index (χ0) is 28.2. The zero-order valence-corrected chi connectivity index (χ0v) is 24.9. The molecule has 0 aromatic heterocycles. The minimum absolute atomic E-state index is 0.0330. The van der Waals surface area contributed by atoms with E-state index in [4.69, 9.17) is 10.5 Å². The number of nitrogens with zero attached hydrogens (tertiary/aromatic N) is 1. The number of Topliss-reactive ketones (excluding diaryl/α,β-unsaturated/α-hetero) is 1. The Morgan fingerprint density at radius 1 is 1.26 bits per heavy atom. The van der Waals surface area contributed by atoms with E-state index in [1.807, 2.05) is 26.8 Å². The van der Waals surface area contributed by atoms with Crippen molar-refractivity contribution in [2.45, 2.75) is 97.1 Å². The second-order valence-electron chi connectivity index (χ2n) is 13.5. The van der Waals surface area contributed by atoms with Gasteiger partial charge < -0.3 is 20.5 Å². The first-order valence-electron chi connectivity index (χ1n) is 14.4. The monoisotopic (exact) mass is 548 g/mol. The fourth-order valence-corrected chi connectivity index (χ4v) is 9.11. The van der Waals surface area contributed by atoms with Gasteiger partial charge in [0.05, 0.1) is 17.9 Å². The number of thioether (sulfide) groups is 1. The molecule has 214 valence electrons. The van der Waals surface area contributed by atoms with Crippen LogP contribution in [0, 0.1) is 39.9 Å². The molecule has 3 N–H and O–H groups in total. The van der Waals surface area contributed by atoms with Gasteiger partial charge in [-0.05, 0) is 48.9 Å². The molecule has 1 amide bonds. The molecule has 0 aromatic rings. The summed E-state index contributed by atoms with van der Waals surface area (Å²) in [5, 5.41) is 11.8. The fourth-order valence-electron chi connectivity index (χ4n) is 8.10. The van der Waals surface area contributed by atoms with Gasteiger partial charge in [-0.25, -0.2) is 0 Å². The lowest BCUT2D eigenvalue weighted by Gasteiger charge is -2.61. The van der Waals surface area contributed by atoms with Crippen molar-refractivity contribution in [2.75, 3.05) is 18.8 Å². The van der Waals surface area contributed by atoms with Gasteiger partial charge in [0.1, 0.15) is 11.9 Å². The van der Waals surface area contributed by atoms with Crippen LogP contribution in [0.25, 0.3) is 0 Å². The lowest BCUT2D eigenvalue weighted by Crippen LogP contribution is -2.63. The van der Waals surface area contributed by atoms with E-state index in [1.54, 1.807) is 4.90 Å². The number of hydrogen-bond donors (Lipinski definition) is 2. The van der Waals surface area contributed by atoms with Crippen LogP contribution in [0.2, 0.25) is 0 Å². The third kappa shape index (κ3) is 4.66. The van der Waals surface area contributed by atoms with Crippen LogP contribution in [0.15, 0.2) is 12.7 Å². The second kappa shape index (κ2) is 10.5. The molecule has 4 aliphatic rings. The van der Waals surface area contributed by atoms with Crippen LogP contribution in [0.5, 0.6) is 0 Å². The van der Waals surface area contributed by atoms with Crippen molar-refractivity contribution in [1.82, 2.24) is 4.90 Å². The highest BCUT2D eigenvalue weighted by Gasteiger charge is 2.68. The summed E-state index contributed by atoms with van der Waals surface area (Å²) in [6.45, 7) is 17.6. The maximum atomic E-state index is 13.5. The lowest BCUT2D eigenvalue weighted by molar-refractivity contribution is -0.205. The Morgan fingerprint density at radius 2 is 1.92 bits per heavy atom. The van der Waals surface area contributed by atoms with Crippen LogP contribution in [-0.2, 0) is 19.1 Å². The van der Waals surface area contributed by atoms with E-state index < -0.39 is 29.1 Å². The van der Waals surface area contributed by atoms with Crippen LogP contribution in [0.1, 0.15) is 73.6 Å². The van der Waals surface area contributed by atoms with Crippen LogP contribution >= 0.6 is 11.8 Å². The smallest absolute Gasteiger partial charge is 0.316 e. The van der Waals surface area contributed by atoms with E-state index in [9.17, 15) is 19.5 Å². The third-order valence-electron chi connectivity index (χ3n) is 11.2. The molecule has 2 unspecified atom stereocenters. The van der Waals surface area contributed by atoms with Gasteiger partial charge in [0, 0.05) is 41.5 Å². The standard InChI is InChI=1S/C30H48N2O5S/c1-8-28(6)13-22(37-23(34)16-38-20-14-32(15-20)27(36)24(31)17(2)3)29(7)18(4)9-11-30(19(5)26(28)35)12-10-21(33)25(29)30/h8,17-20,22,24-26,35H,1,9-16,31H2,2-7H3/t18?,19-,22+,24+,25?,26-,28+,29-,30-/m0/s1. The number of ether oxygens (including phenoxy) is 1. The van der Waals surface area contributed by atoms with Crippen molar-refractivity contribution < 1.29 is 24.2 Å². The Bertz CT molecular complexity index is 966. The molecule has 3 saturated carbocycles. The predicted molar refractivity (Wildman–Crippen MR) is 150 cm³/mol. The maximum absolute atomic E-state index is 13.5. The first-order chi connectivity index (χ1) is 17.7. The van der Waals surface area contributed by atoms with E-state index in [-0.39, 0.29) is 57.7 Å². The molecule has 0 aromatic carbocycles. The second-order valence-corrected chi connectivity index (χ2v) is 14.8. The molecule has 1 aliphatic heterocycles. The van der Waals surface area contributed by atoms with Gasteiger partial charge in [0.2, 0.25) is 5.91 Å². The number of nitrogens with two attached hydrogens (primary N) is 1. The minimum Gasteiger partial charge on any atom is -0.461 e. The van der Waals surface area contributed by atoms with Crippen molar-refractivity contribution in [1.29, 1.82) is 0 Å². The summed E-state index contributed by atoms with van der Waals surface area (Å²) in [5.41, 5.74) is 4.59. The highest BCUT2D eigenvalue weighted by atomic mass is 32.2. The summed E-state index contributed by atoms with van der Waals surface area (Å²) in [5.74, 6) is 0.147. The molecule has 4 rings (SSSR count). The fraction of sp³-hybridized carbons (Fsp3) is 0.833. The number of carbonyl (C=O) groups excluding carboxylic acids is 3. The molecular weight excluding hydrogens is 500 g/mol. The Hall–Kier alpha value is -1.38. The molecule has 9 atom stereocenters. The molecule has 3 aliphatic carbocycles. The Labute approximate surface area is 232 Å². The summed E-state index contributed by atoms with van der Waals surface area (Å²) in [6.07, 6.45) is 4.29. The van der Waals surface area contributed by atoms with E-state index in [0.717, 1.165) is 19.3 Å². The minimum atomic E-state index is -0.669. The number of esters is 1. The van der Waals surface area contributed by atoms with Gasteiger partial charge >= 0.3 is 5.97 Å². The van der Waals surface area contributed by atoms with Gasteiger partial charge in [0.25, 0.3) is 0 Å². The zero-order valence-electron chi connectivity index (χ0n) is 24.1. The number of amides is 1. The summed E-state index contributed by atoms with van der Waals surface area (Å²) >= 11 is 1.51. The molecule has 0 spiro atoms. The van der Waals surface area contributed by atoms with Crippen molar-refractivity contribution >= 4 is 29.4 Å². The van der Waals surface area contributed by atoms with Gasteiger partial charge in [-0.15, -0.1) is 18.3 Å². The van der Waals surface area contributed by atoms with Gasteiger partial charge in [-0.3, -0.25) is 14.4 Å². The van der Waals surface area contributed by atoms with Gasteiger partial charge in [-0.1, -0.05) is 47.6 Å². The molecule has 1 saturated heterocycles. The summed E-state index contributed by atoms with van der Waals surface area (Å²) in [7, 11) is 0. The van der Waals surface area contributed by atoms with Gasteiger partial charge in [0.15, 0.2) is 0 Å². The average molecular weight is 549 g/mol. The lowest BCUT2D eigenvalue weighted by atomic mass is 9.44. The normalized spacial score (nSPS) is 42.1. The van der Waals surface area contributed by atoms with Crippen LogP contribution in [-0.4, -0.2) is 70.0 Å². The first kappa shape index (κ1) is 29.6. The predicted octanol–water partition coefficient (Wildman–Crippen LogP) is 3.82. The third-order valence-corrected chi connectivity index (χ3v) is 12.3. The van der Waals surface area contributed by atoms with Crippen molar-refractivity contribution in [3.05, 3.63) is 12.7 Å². The highest BCUT2D eigenvalue weighted by molar-refractivity contribution is 8.00. The molecular formula is C30H48N2O5S. The maximum Gasteiger partial charge on any atom is 0.316 e. The highest BCUT2D eigenvalue weighted by Crippen LogP contribution is 2.68. The summed E-state index contributed by atoms with van der Waals surface area (Å²) in [4.78, 5) is 41.0. The molecule has 2 bridgehead atoms. The molecule has 4 fully saturated rings. The van der Waals surface area contributed by atoms with E-state index >= 15 is 0 Å². The van der Waals surface area contributed by atoms with Crippen molar-refractivity contribution in [3.63, 3.8) is 0 Å². The molecule has 8 heteroatoms. The Morgan fingerprint density at radius 3 is 2.53 bits per heavy atom. The SMILES string of the molecule is C=C[C@]1(C)C[C@@H](OC(=O)CSC2CN(C(=O)[C@H](N)C(C)C)C2)[C@]2(C)C(C)CC[C@]3(CCC(=O)C32)[C@@H](C)[C@@H]1O. The Kier molecular flexibility index (Phi) is 8.22. The van der Waals surface area contributed by atoms with Crippen LogP contribution in [0.4, 0.5) is 0 Å². The Balaban J connectivity index is 1.50. The van der Waals surface area contributed by atoms with Crippen LogP contribution < -0.4 is 5.73 Å². The molecule has 0 radical (unpaired) electrons. The van der Waals surface area contributed by atoms with E-state index in [2.05, 4.69) is 27.4 Å². The number of aliphatic hydroxyl groups excluding tert-OH is 1. The van der Waals surface area contributed by atoms with E-state index in [0.29, 0.717) is 25.9 Å². The van der Waals surface area contributed by atoms with E-state index in [1.165, 1.54) is 11.8 Å². The first-order valence-corrected chi connectivity index (χ1v) is 15.5. The summed E-state index contributed by atoms with van der Waals surface area (Å²) in [6, 6.07) is -0.494. The van der Waals surface area contributed by atoms with Crippen molar-refractivity contribution in [3.8, 4) is 0 Å². The summed E-state index contributed by atoms with van der Waals surface area (Å²) < 4.78 is 6.31. The topological polar surface area (TPSA) is 110 Å². The quantitative estimate of drug-likeness (QED) is 0.368. The number of likely N-dealkylation sites (tertiary alicyclic amines) is 1.